The van der Waals surface area contributed by atoms with Crippen molar-refractivity contribution in [2.45, 2.75) is 19.5 Å². The first-order chi connectivity index (χ1) is 12.5. The van der Waals surface area contributed by atoms with E-state index in [2.05, 4.69) is 15.5 Å². The van der Waals surface area contributed by atoms with E-state index in [0.29, 0.717) is 17.4 Å². The van der Waals surface area contributed by atoms with Gasteiger partial charge in [-0.05, 0) is 17.7 Å². The molecule has 0 spiro atoms. The van der Waals surface area contributed by atoms with E-state index in [-0.39, 0.29) is 24.6 Å². The van der Waals surface area contributed by atoms with E-state index in [0.717, 1.165) is 11.8 Å². The molecule has 0 atom stereocenters. The Balaban J connectivity index is 1.50. The van der Waals surface area contributed by atoms with E-state index < -0.39 is 4.92 Å². The highest BCUT2D eigenvalue weighted by molar-refractivity contribution is 6.30. The number of hydrogen-bond acceptors (Lipinski definition) is 5. The highest BCUT2D eigenvalue weighted by Gasteiger charge is 2.10. The maximum absolute atomic E-state index is 12.0. The van der Waals surface area contributed by atoms with Gasteiger partial charge in [0.05, 0.1) is 11.5 Å². The summed E-state index contributed by atoms with van der Waals surface area (Å²) in [6.45, 7) is 0.801. The van der Waals surface area contributed by atoms with Crippen molar-refractivity contribution in [3.05, 3.63) is 69.6 Å². The molecule has 0 fully saturated rings. The number of benzene rings is 1. The molecular weight excluding hydrogens is 360 g/mol. The Bertz CT molecular complexity index is 918. The normalized spacial score (nSPS) is 10.7. The van der Waals surface area contributed by atoms with Gasteiger partial charge in [0.15, 0.2) is 5.82 Å². The van der Waals surface area contributed by atoms with Gasteiger partial charge < -0.3 is 5.32 Å². The van der Waals surface area contributed by atoms with Gasteiger partial charge in [0.25, 0.3) is 0 Å². The molecule has 1 amide bonds. The Kier molecular flexibility index (Phi) is 5.28. The predicted molar refractivity (Wildman–Crippen MR) is 94.9 cm³/mol. The third-order valence-corrected chi connectivity index (χ3v) is 3.82. The summed E-state index contributed by atoms with van der Waals surface area (Å²) in [7, 11) is 0. The zero-order chi connectivity index (χ0) is 18.5. The lowest BCUT2D eigenvalue weighted by Crippen LogP contribution is -2.15. The zero-order valence-electron chi connectivity index (χ0n) is 13.6. The van der Waals surface area contributed by atoms with Gasteiger partial charge in [-0.1, -0.05) is 23.7 Å². The quantitative estimate of drug-likeness (QED) is 0.505. The first-order valence-electron chi connectivity index (χ1n) is 7.74. The largest absolute Gasteiger partial charge is 0.309 e. The summed E-state index contributed by atoms with van der Waals surface area (Å²) in [5.41, 5.74) is 0.932. The van der Waals surface area contributed by atoms with Gasteiger partial charge in [-0.2, -0.15) is 10.2 Å². The standard InChI is InChI=1S/C16H15ClN6O3/c17-13-3-1-12(2-4-13)10-22-7-5-15(20-22)19-16(24)6-8-21-11-14(9-18-21)23(25)26/h1-5,7,9,11H,6,8,10H2,(H,19,20,24). The Labute approximate surface area is 153 Å². The molecule has 1 N–H and O–H groups in total. The van der Waals surface area contributed by atoms with Crippen LogP contribution in [0.25, 0.3) is 0 Å². The van der Waals surface area contributed by atoms with Crippen molar-refractivity contribution in [2.24, 2.45) is 0 Å². The number of halogens is 1. The summed E-state index contributed by atoms with van der Waals surface area (Å²) in [4.78, 5) is 22.0. The third kappa shape index (κ3) is 4.67. The molecule has 0 saturated heterocycles. The van der Waals surface area contributed by atoms with Gasteiger partial charge >= 0.3 is 5.69 Å². The van der Waals surface area contributed by atoms with Gasteiger partial charge in [-0.3, -0.25) is 24.3 Å². The molecular formula is C16H15ClN6O3. The van der Waals surface area contributed by atoms with E-state index in [1.807, 2.05) is 24.3 Å². The smallest absolute Gasteiger partial charge is 0.306 e. The lowest BCUT2D eigenvalue weighted by molar-refractivity contribution is -0.385. The summed E-state index contributed by atoms with van der Waals surface area (Å²) in [6.07, 6.45) is 4.33. The van der Waals surface area contributed by atoms with E-state index >= 15 is 0 Å². The van der Waals surface area contributed by atoms with Crippen LogP contribution in [0.4, 0.5) is 11.5 Å². The van der Waals surface area contributed by atoms with E-state index in [1.54, 1.807) is 16.9 Å². The van der Waals surface area contributed by atoms with Gasteiger partial charge in [0, 0.05) is 30.3 Å². The minimum absolute atomic E-state index is 0.105. The molecule has 9 nitrogen and oxygen atoms in total. The molecule has 0 saturated carbocycles. The fourth-order valence-corrected chi connectivity index (χ4v) is 2.41. The van der Waals surface area contributed by atoms with Crippen molar-refractivity contribution < 1.29 is 9.72 Å². The first kappa shape index (κ1) is 17.6. The highest BCUT2D eigenvalue weighted by Crippen LogP contribution is 2.12. The van der Waals surface area contributed by atoms with Crippen LogP contribution in [-0.2, 0) is 17.9 Å². The second-order valence-corrected chi connectivity index (χ2v) is 5.98. The van der Waals surface area contributed by atoms with Crippen molar-refractivity contribution >= 4 is 29.0 Å². The summed E-state index contributed by atoms with van der Waals surface area (Å²) in [5.74, 6) is 0.190. The molecule has 3 aromatic rings. The van der Waals surface area contributed by atoms with Crippen LogP contribution in [0.1, 0.15) is 12.0 Å². The molecule has 134 valence electrons. The van der Waals surface area contributed by atoms with Gasteiger partial charge in [0.1, 0.15) is 12.4 Å². The monoisotopic (exact) mass is 374 g/mol. The molecule has 0 unspecified atom stereocenters. The second kappa shape index (κ2) is 7.79. The number of rotatable bonds is 7. The number of hydrogen-bond donors (Lipinski definition) is 1. The van der Waals surface area contributed by atoms with Crippen molar-refractivity contribution in [2.75, 3.05) is 5.32 Å². The fraction of sp³-hybridized carbons (Fsp3) is 0.188. The first-order valence-corrected chi connectivity index (χ1v) is 8.12. The number of carbonyl (C=O) groups excluding carboxylic acids is 1. The summed E-state index contributed by atoms with van der Waals surface area (Å²) in [6, 6.07) is 9.13. The maximum Gasteiger partial charge on any atom is 0.306 e. The minimum atomic E-state index is -0.531. The summed E-state index contributed by atoms with van der Waals surface area (Å²) < 4.78 is 3.06. The molecule has 0 aliphatic heterocycles. The summed E-state index contributed by atoms with van der Waals surface area (Å²) >= 11 is 5.86. The van der Waals surface area contributed by atoms with Crippen LogP contribution >= 0.6 is 11.6 Å². The number of nitro groups is 1. The molecule has 2 heterocycles. The molecule has 2 aromatic heterocycles. The molecule has 0 radical (unpaired) electrons. The van der Waals surface area contributed by atoms with Gasteiger partial charge in [-0.15, -0.1) is 0 Å². The van der Waals surface area contributed by atoms with Crippen LogP contribution in [0.15, 0.2) is 48.9 Å². The van der Waals surface area contributed by atoms with Crippen molar-refractivity contribution in [3.8, 4) is 0 Å². The van der Waals surface area contributed by atoms with Gasteiger partial charge in [-0.25, -0.2) is 0 Å². The molecule has 0 aliphatic carbocycles. The third-order valence-electron chi connectivity index (χ3n) is 3.56. The lowest BCUT2D eigenvalue weighted by Gasteiger charge is -2.03. The number of nitrogens with one attached hydrogen (secondary N) is 1. The van der Waals surface area contributed by atoms with Crippen molar-refractivity contribution in [3.63, 3.8) is 0 Å². The highest BCUT2D eigenvalue weighted by atomic mass is 35.5. The van der Waals surface area contributed by atoms with Crippen molar-refractivity contribution in [1.29, 1.82) is 0 Å². The lowest BCUT2D eigenvalue weighted by atomic mass is 10.2. The molecule has 0 bridgehead atoms. The summed E-state index contributed by atoms with van der Waals surface area (Å²) in [5, 5.41) is 22.1. The van der Waals surface area contributed by atoms with Gasteiger partial charge in [0.2, 0.25) is 5.91 Å². The molecule has 1 aromatic carbocycles. The average Bonchev–Trinajstić information content (AvgIpc) is 3.25. The molecule has 26 heavy (non-hydrogen) atoms. The molecule has 0 aliphatic rings. The molecule has 3 rings (SSSR count). The van der Waals surface area contributed by atoms with Crippen LogP contribution in [-0.4, -0.2) is 30.4 Å². The zero-order valence-corrected chi connectivity index (χ0v) is 14.3. The predicted octanol–water partition coefficient (Wildman–Crippen LogP) is 2.72. The van der Waals surface area contributed by atoms with E-state index in [1.165, 1.54) is 10.9 Å². The van der Waals surface area contributed by atoms with Crippen LogP contribution < -0.4 is 5.32 Å². The Hall–Kier alpha value is -3.20. The van der Waals surface area contributed by atoms with Crippen LogP contribution in [0.3, 0.4) is 0 Å². The number of anilines is 1. The Morgan fingerprint density at radius 1 is 1.23 bits per heavy atom. The average molecular weight is 375 g/mol. The SMILES string of the molecule is O=C(CCn1cc([N+](=O)[O-])cn1)Nc1ccn(Cc2ccc(Cl)cc2)n1. The molecule has 10 heteroatoms. The minimum Gasteiger partial charge on any atom is -0.309 e. The number of aromatic nitrogens is 4. The topological polar surface area (TPSA) is 108 Å². The second-order valence-electron chi connectivity index (χ2n) is 5.54. The van der Waals surface area contributed by atoms with Crippen molar-refractivity contribution in [1.82, 2.24) is 19.6 Å². The maximum atomic E-state index is 12.0. The van der Waals surface area contributed by atoms with E-state index in [4.69, 9.17) is 11.6 Å². The number of amides is 1. The number of carbonyl (C=O) groups is 1. The van der Waals surface area contributed by atoms with Crippen LogP contribution in [0.2, 0.25) is 5.02 Å². The number of nitrogens with zero attached hydrogens (tertiary/aromatic N) is 5. The fourth-order valence-electron chi connectivity index (χ4n) is 2.28. The van der Waals surface area contributed by atoms with Crippen LogP contribution in [0.5, 0.6) is 0 Å². The van der Waals surface area contributed by atoms with Crippen LogP contribution in [0, 0.1) is 10.1 Å². The van der Waals surface area contributed by atoms with E-state index in [9.17, 15) is 14.9 Å². The Morgan fingerprint density at radius 2 is 2.00 bits per heavy atom. The Morgan fingerprint density at radius 3 is 2.69 bits per heavy atom. The number of aryl methyl sites for hydroxylation is 1.